The third-order valence-corrected chi connectivity index (χ3v) is 3.37. The molecule has 19 heavy (non-hydrogen) atoms. The van der Waals surface area contributed by atoms with Crippen molar-refractivity contribution in [1.29, 1.82) is 5.26 Å². The number of hydrogen-bond acceptors (Lipinski definition) is 3. The summed E-state index contributed by atoms with van der Waals surface area (Å²) in [6.07, 6.45) is -5.13. The Labute approximate surface area is 112 Å². The second-order valence-electron chi connectivity index (χ2n) is 3.93. The van der Waals surface area contributed by atoms with Crippen molar-refractivity contribution in [3.63, 3.8) is 0 Å². The summed E-state index contributed by atoms with van der Waals surface area (Å²) in [7, 11) is 0. The number of benzene rings is 1. The van der Waals surface area contributed by atoms with Crippen LogP contribution >= 0.6 is 11.3 Å². The molecular weight excluding hydrogens is 273 g/mol. The van der Waals surface area contributed by atoms with Crippen molar-refractivity contribution in [2.45, 2.75) is 19.0 Å². The van der Waals surface area contributed by atoms with Crippen molar-refractivity contribution in [3.05, 3.63) is 40.2 Å². The molecule has 0 bridgehead atoms. The van der Waals surface area contributed by atoms with E-state index in [9.17, 15) is 13.2 Å². The van der Waals surface area contributed by atoms with Crippen LogP contribution in [0.2, 0.25) is 0 Å². The first kappa shape index (κ1) is 13.6. The fraction of sp³-hybridized carbons (Fsp3) is 0.231. The average molecular weight is 282 g/mol. The first-order valence-electron chi connectivity index (χ1n) is 5.49. The van der Waals surface area contributed by atoms with Crippen LogP contribution in [0.15, 0.2) is 29.6 Å². The van der Waals surface area contributed by atoms with E-state index < -0.39 is 12.6 Å². The molecule has 1 heterocycles. The van der Waals surface area contributed by atoms with E-state index in [-0.39, 0.29) is 6.42 Å². The summed E-state index contributed by atoms with van der Waals surface area (Å²) in [5.74, 6) is 0. The van der Waals surface area contributed by atoms with E-state index in [1.165, 1.54) is 11.3 Å². The predicted octanol–water partition coefficient (Wildman–Crippen LogP) is 4.18. The SMILES string of the molecule is N#Cc1cccc(-c2csc(CCC(F)(F)F)n2)c1. The van der Waals surface area contributed by atoms with Gasteiger partial charge in [-0.05, 0) is 12.1 Å². The summed E-state index contributed by atoms with van der Waals surface area (Å²) < 4.78 is 36.3. The van der Waals surface area contributed by atoms with Gasteiger partial charge in [0.05, 0.1) is 22.3 Å². The Kier molecular flexibility index (Phi) is 3.86. The topological polar surface area (TPSA) is 36.7 Å². The standard InChI is InChI=1S/C13H9F3N2S/c14-13(15,16)5-4-12-18-11(8-19-12)10-3-1-2-9(6-10)7-17/h1-3,6,8H,4-5H2. The van der Waals surface area contributed by atoms with Crippen LogP contribution < -0.4 is 0 Å². The van der Waals surface area contributed by atoms with Crippen molar-refractivity contribution in [3.8, 4) is 17.3 Å². The Bertz CT molecular complexity index is 611. The molecular formula is C13H9F3N2S. The molecule has 0 aliphatic carbocycles. The Morgan fingerprint density at radius 1 is 1.32 bits per heavy atom. The average Bonchev–Trinajstić information content (AvgIpc) is 2.84. The van der Waals surface area contributed by atoms with E-state index in [4.69, 9.17) is 5.26 Å². The third kappa shape index (κ3) is 3.80. The van der Waals surface area contributed by atoms with Crippen molar-refractivity contribution < 1.29 is 13.2 Å². The van der Waals surface area contributed by atoms with Gasteiger partial charge in [0.25, 0.3) is 0 Å². The highest BCUT2D eigenvalue weighted by Gasteiger charge is 2.27. The quantitative estimate of drug-likeness (QED) is 0.847. The first-order valence-corrected chi connectivity index (χ1v) is 6.37. The molecule has 0 radical (unpaired) electrons. The van der Waals surface area contributed by atoms with Crippen LogP contribution in [0.4, 0.5) is 13.2 Å². The van der Waals surface area contributed by atoms with Gasteiger partial charge in [-0.3, -0.25) is 0 Å². The molecule has 1 aromatic heterocycles. The van der Waals surface area contributed by atoms with Crippen molar-refractivity contribution >= 4 is 11.3 Å². The van der Waals surface area contributed by atoms with Crippen LogP contribution in [0.3, 0.4) is 0 Å². The molecule has 0 saturated carbocycles. The van der Waals surface area contributed by atoms with Gasteiger partial charge in [0.2, 0.25) is 0 Å². The Morgan fingerprint density at radius 2 is 2.11 bits per heavy atom. The third-order valence-electron chi connectivity index (χ3n) is 2.46. The minimum atomic E-state index is -4.16. The zero-order chi connectivity index (χ0) is 13.9. The number of nitrogens with zero attached hydrogens (tertiary/aromatic N) is 2. The smallest absolute Gasteiger partial charge is 0.241 e. The van der Waals surface area contributed by atoms with Crippen molar-refractivity contribution in [2.75, 3.05) is 0 Å². The number of thiazole rings is 1. The molecule has 6 heteroatoms. The van der Waals surface area contributed by atoms with Crippen LogP contribution in [0, 0.1) is 11.3 Å². The molecule has 0 fully saturated rings. The lowest BCUT2D eigenvalue weighted by atomic mass is 10.1. The number of halogens is 3. The molecule has 0 atom stereocenters. The highest BCUT2D eigenvalue weighted by atomic mass is 32.1. The lowest BCUT2D eigenvalue weighted by Crippen LogP contribution is -2.08. The molecule has 0 aliphatic heterocycles. The number of alkyl halides is 3. The maximum Gasteiger partial charge on any atom is 0.389 e. The number of rotatable bonds is 3. The van der Waals surface area contributed by atoms with Crippen molar-refractivity contribution in [2.24, 2.45) is 0 Å². The summed E-state index contributed by atoms with van der Waals surface area (Å²) in [6, 6.07) is 8.86. The molecule has 2 nitrogen and oxygen atoms in total. The van der Waals surface area contributed by atoms with E-state index in [0.717, 1.165) is 5.56 Å². The first-order chi connectivity index (χ1) is 8.98. The van der Waals surface area contributed by atoms with Crippen LogP contribution in [0.25, 0.3) is 11.3 Å². The number of hydrogen-bond donors (Lipinski definition) is 0. The van der Waals surface area contributed by atoms with Gasteiger partial charge in [0.1, 0.15) is 0 Å². The van der Waals surface area contributed by atoms with Gasteiger partial charge >= 0.3 is 6.18 Å². The Hall–Kier alpha value is -1.87. The van der Waals surface area contributed by atoms with Crippen LogP contribution in [0.1, 0.15) is 17.0 Å². The van der Waals surface area contributed by atoms with Gasteiger partial charge in [-0.1, -0.05) is 12.1 Å². The summed E-state index contributed by atoms with van der Waals surface area (Å²) in [6.45, 7) is 0. The van der Waals surface area contributed by atoms with Gasteiger partial charge < -0.3 is 0 Å². The van der Waals surface area contributed by atoms with E-state index in [0.29, 0.717) is 16.3 Å². The summed E-state index contributed by atoms with van der Waals surface area (Å²) in [4.78, 5) is 4.17. The molecule has 2 aromatic rings. The fourth-order valence-electron chi connectivity index (χ4n) is 1.56. The predicted molar refractivity (Wildman–Crippen MR) is 66.6 cm³/mol. The van der Waals surface area contributed by atoms with E-state index in [2.05, 4.69) is 4.98 Å². The molecule has 98 valence electrons. The molecule has 0 amide bonds. The summed E-state index contributed by atoms with van der Waals surface area (Å²) >= 11 is 1.20. The van der Waals surface area contributed by atoms with Crippen LogP contribution in [-0.4, -0.2) is 11.2 Å². The number of aromatic nitrogens is 1. The Morgan fingerprint density at radius 3 is 2.79 bits per heavy atom. The van der Waals surface area contributed by atoms with E-state index in [1.54, 1.807) is 29.6 Å². The highest BCUT2D eigenvalue weighted by molar-refractivity contribution is 7.09. The second kappa shape index (κ2) is 5.41. The largest absolute Gasteiger partial charge is 0.389 e. The maximum absolute atomic E-state index is 12.1. The van der Waals surface area contributed by atoms with E-state index in [1.807, 2.05) is 6.07 Å². The maximum atomic E-state index is 12.1. The zero-order valence-corrected chi connectivity index (χ0v) is 10.6. The number of aryl methyl sites for hydroxylation is 1. The number of nitriles is 1. The zero-order valence-electron chi connectivity index (χ0n) is 9.74. The van der Waals surface area contributed by atoms with Gasteiger partial charge in [-0.25, -0.2) is 4.98 Å². The van der Waals surface area contributed by atoms with Gasteiger partial charge in [-0.15, -0.1) is 11.3 Å². The molecule has 0 aliphatic rings. The lowest BCUT2D eigenvalue weighted by Gasteiger charge is -2.03. The fourth-order valence-corrected chi connectivity index (χ4v) is 2.36. The summed E-state index contributed by atoms with van der Waals surface area (Å²) in [5, 5.41) is 11.0. The van der Waals surface area contributed by atoms with Gasteiger partial charge in [-0.2, -0.15) is 18.4 Å². The normalized spacial score (nSPS) is 11.3. The summed E-state index contributed by atoms with van der Waals surface area (Å²) in [5.41, 5.74) is 1.86. The highest BCUT2D eigenvalue weighted by Crippen LogP contribution is 2.26. The minimum absolute atomic E-state index is 0.105. The molecule has 1 aromatic carbocycles. The van der Waals surface area contributed by atoms with Gasteiger partial charge in [0, 0.05) is 23.8 Å². The minimum Gasteiger partial charge on any atom is -0.241 e. The molecule has 0 spiro atoms. The van der Waals surface area contributed by atoms with Gasteiger partial charge in [0.15, 0.2) is 0 Å². The lowest BCUT2D eigenvalue weighted by molar-refractivity contribution is -0.133. The monoisotopic (exact) mass is 282 g/mol. The van der Waals surface area contributed by atoms with Crippen LogP contribution in [-0.2, 0) is 6.42 Å². The second-order valence-corrected chi connectivity index (χ2v) is 4.88. The Balaban J connectivity index is 2.14. The molecule has 0 N–H and O–H groups in total. The molecule has 0 unspecified atom stereocenters. The van der Waals surface area contributed by atoms with E-state index >= 15 is 0 Å². The molecule has 0 saturated heterocycles. The van der Waals surface area contributed by atoms with Crippen molar-refractivity contribution in [1.82, 2.24) is 4.98 Å². The molecule has 2 rings (SSSR count). The van der Waals surface area contributed by atoms with Crippen LogP contribution in [0.5, 0.6) is 0 Å².